The molecule has 0 aliphatic carbocycles. The molecule has 2 amide bonds. The van der Waals surface area contributed by atoms with Crippen LogP contribution in [0, 0.1) is 0 Å². The number of nitrogens with zero attached hydrogens (tertiary/aromatic N) is 2. The lowest BCUT2D eigenvalue weighted by Crippen LogP contribution is -2.50. The summed E-state index contributed by atoms with van der Waals surface area (Å²) < 4.78 is 10.4. The van der Waals surface area contributed by atoms with Gasteiger partial charge in [0.05, 0.1) is 17.7 Å². The van der Waals surface area contributed by atoms with Crippen molar-refractivity contribution in [3.05, 3.63) is 46.7 Å². The highest BCUT2D eigenvalue weighted by Gasteiger charge is 2.23. The lowest BCUT2D eigenvalue weighted by molar-refractivity contribution is -0.151. The number of benzene rings is 1. The molecule has 154 valence electrons. The number of anilines is 1. The molecule has 8 nitrogen and oxygen atoms in total. The second kappa shape index (κ2) is 9.92. The van der Waals surface area contributed by atoms with Gasteiger partial charge in [-0.1, -0.05) is 18.2 Å². The minimum Gasteiger partial charge on any atom is -0.495 e. The van der Waals surface area contributed by atoms with Crippen molar-refractivity contribution < 1.29 is 23.9 Å². The monoisotopic (exact) mass is 417 g/mol. The Morgan fingerprint density at radius 2 is 1.83 bits per heavy atom. The number of nitrogens with one attached hydrogen (secondary N) is 1. The van der Waals surface area contributed by atoms with E-state index in [1.54, 1.807) is 29.5 Å². The summed E-state index contributed by atoms with van der Waals surface area (Å²) in [5.74, 6) is -0.430. The van der Waals surface area contributed by atoms with Crippen molar-refractivity contribution in [1.82, 2.24) is 10.2 Å². The van der Waals surface area contributed by atoms with Crippen LogP contribution in [0.5, 0.6) is 5.75 Å². The number of rotatable bonds is 7. The van der Waals surface area contributed by atoms with Gasteiger partial charge in [0.1, 0.15) is 12.3 Å². The maximum Gasteiger partial charge on any atom is 0.325 e. The number of amides is 2. The number of hydrogen-bond acceptors (Lipinski definition) is 7. The molecular weight excluding hydrogens is 394 g/mol. The van der Waals surface area contributed by atoms with Crippen LogP contribution in [0.3, 0.4) is 0 Å². The summed E-state index contributed by atoms with van der Waals surface area (Å²) >= 11 is 1.28. The Hall–Kier alpha value is -3.07. The maximum absolute atomic E-state index is 12.3. The zero-order chi connectivity index (χ0) is 20.6. The van der Waals surface area contributed by atoms with Crippen LogP contribution in [-0.2, 0) is 14.3 Å². The molecule has 0 unspecified atom stereocenters. The van der Waals surface area contributed by atoms with Gasteiger partial charge >= 0.3 is 5.97 Å². The fourth-order valence-electron chi connectivity index (χ4n) is 3.02. The highest BCUT2D eigenvalue weighted by molar-refractivity contribution is 7.12. The maximum atomic E-state index is 12.3. The molecular formula is C20H23N3O5S. The van der Waals surface area contributed by atoms with Crippen molar-refractivity contribution in [2.75, 3.05) is 51.3 Å². The number of hydrogen-bond donors (Lipinski definition) is 1. The van der Waals surface area contributed by atoms with Crippen LogP contribution in [0.1, 0.15) is 9.67 Å². The molecule has 2 heterocycles. The summed E-state index contributed by atoms with van der Waals surface area (Å²) in [6.07, 6.45) is 0. The van der Waals surface area contributed by atoms with Gasteiger partial charge in [-0.25, -0.2) is 0 Å². The average Bonchev–Trinajstić information content (AvgIpc) is 3.31. The Labute approximate surface area is 173 Å². The van der Waals surface area contributed by atoms with Crippen LogP contribution >= 0.6 is 11.3 Å². The minimum atomic E-state index is -0.643. The van der Waals surface area contributed by atoms with Gasteiger partial charge in [0.25, 0.3) is 11.8 Å². The van der Waals surface area contributed by atoms with Gasteiger partial charge in [0, 0.05) is 26.2 Å². The lowest BCUT2D eigenvalue weighted by Gasteiger charge is -2.36. The van der Waals surface area contributed by atoms with Crippen LogP contribution in [0.4, 0.5) is 5.69 Å². The largest absolute Gasteiger partial charge is 0.495 e. The third kappa shape index (κ3) is 5.47. The SMILES string of the molecule is COc1ccccc1N1CCN(C(=O)COC(=O)CNC(=O)c2cccs2)CC1. The molecule has 0 atom stereocenters. The molecule has 1 fully saturated rings. The first-order valence-electron chi connectivity index (χ1n) is 9.21. The Kier molecular flexibility index (Phi) is 7.07. The second-order valence-electron chi connectivity index (χ2n) is 6.36. The lowest BCUT2D eigenvalue weighted by atomic mass is 10.2. The third-order valence-electron chi connectivity index (χ3n) is 4.55. The van der Waals surface area contributed by atoms with Gasteiger partial charge in [-0.05, 0) is 23.6 Å². The second-order valence-corrected chi connectivity index (χ2v) is 7.31. The van der Waals surface area contributed by atoms with Crippen molar-refractivity contribution in [3.8, 4) is 5.75 Å². The Balaban J connectivity index is 1.39. The summed E-state index contributed by atoms with van der Waals surface area (Å²) in [6, 6.07) is 11.2. The zero-order valence-electron chi connectivity index (χ0n) is 16.1. The molecule has 3 rings (SSSR count). The van der Waals surface area contributed by atoms with Crippen molar-refractivity contribution in [3.63, 3.8) is 0 Å². The molecule has 0 bridgehead atoms. The smallest absolute Gasteiger partial charge is 0.325 e. The topological polar surface area (TPSA) is 88.2 Å². The van der Waals surface area contributed by atoms with Crippen molar-refractivity contribution >= 4 is 34.8 Å². The van der Waals surface area contributed by atoms with Gasteiger partial charge in [-0.2, -0.15) is 0 Å². The Morgan fingerprint density at radius 3 is 2.52 bits per heavy atom. The number of para-hydroxylation sites is 2. The molecule has 1 N–H and O–H groups in total. The van der Waals surface area contributed by atoms with E-state index in [1.165, 1.54) is 11.3 Å². The molecule has 1 aliphatic heterocycles. The van der Waals surface area contributed by atoms with E-state index < -0.39 is 5.97 Å². The van der Waals surface area contributed by atoms with Gasteiger partial charge in [-0.3, -0.25) is 14.4 Å². The summed E-state index contributed by atoms with van der Waals surface area (Å²) in [6.45, 7) is 1.79. The molecule has 1 aliphatic rings. The number of methoxy groups -OCH3 is 1. The minimum absolute atomic E-state index is 0.248. The first-order valence-corrected chi connectivity index (χ1v) is 10.1. The van der Waals surface area contributed by atoms with Gasteiger partial charge in [-0.15, -0.1) is 11.3 Å². The number of ether oxygens (including phenoxy) is 2. The zero-order valence-corrected chi connectivity index (χ0v) is 16.9. The van der Waals surface area contributed by atoms with Gasteiger partial charge in [0.15, 0.2) is 6.61 Å². The van der Waals surface area contributed by atoms with Crippen molar-refractivity contribution in [1.29, 1.82) is 0 Å². The van der Waals surface area contributed by atoms with E-state index in [0.717, 1.165) is 11.4 Å². The van der Waals surface area contributed by atoms with E-state index in [-0.39, 0.29) is 25.0 Å². The van der Waals surface area contributed by atoms with Gasteiger partial charge in [0.2, 0.25) is 0 Å². The van der Waals surface area contributed by atoms with Crippen LogP contribution in [0.15, 0.2) is 41.8 Å². The Bertz CT molecular complexity index is 848. The highest BCUT2D eigenvalue weighted by Crippen LogP contribution is 2.28. The first kappa shape index (κ1) is 20.7. The average molecular weight is 417 g/mol. The van der Waals surface area contributed by atoms with E-state index in [0.29, 0.717) is 31.1 Å². The molecule has 1 aromatic heterocycles. The highest BCUT2D eigenvalue weighted by atomic mass is 32.1. The number of piperazine rings is 1. The van der Waals surface area contributed by atoms with Crippen molar-refractivity contribution in [2.24, 2.45) is 0 Å². The number of thiophene rings is 1. The molecule has 0 saturated carbocycles. The van der Waals surface area contributed by atoms with E-state index in [2.05, 4.69) is 10.2 Å². The quantitative estimate of drug-likeness (QED) is 0.685. The van der Waals surface area contributed by atoms with Crippen LogP contribution < -0.4 is 15.0 Å². The fraction of sp³-hybridized carbons (Fsp3) is 0.350. The predicted octanol–water partition coefficient (Wildman–Crippen LogP) is 1.38. The van der Waals surface area contributed by atoms with Crippen LogP contribution in [-0.4, -0.2) is 69.1 Å². The number of carbonyl (C=O) groups is 3. The van der Waals surface area contributed by atoms with Crippen LogP contribution in [0.2, 0.25) is 0 Å². The molecule has 9 heteroatoms. The molecule has 1 saturated heterocycles. The third-order valence-corrected chi connectivity index (χ3v) is 5.42. The summed E-state index contributed by atoms with van der Waals surface area (Å²) in [5, 5.41) is 4.25. The first-order chi connectivity index (χ1) is 14.1. The van der Waals surface area contributed by atoms with Crippen LogP contribution in [0.25, 0.3) is 0 Å². The summed E-state index contributed by atoms with van der Waals surface area (Å²) in [5.41, 5.74) is 0.995. The molecule has 0 radical (unpaired) electrons. The number of esters is 1. The van der Waals surface area contributed by atoms with Gasteiger partial charge < -0.3 is 24.6 Å². The Morgan fingerprint density at radius 1 is 1.07 bits per heavy atom. The molecule has 2 aromatic rings. The van der Waals surface area contributed by atoms with E-state index >= 15 is 0 Å². The fourth-order valence-corrected chi connectivity index (χ4v) is 3.66. The van der Waals surface area contributed by atoms with E-state index in [9.17, 15) is 14.4 Å². The summed E-state index contributed by atoms with van der Waals surface area (Å²) in [7, 11) is 1.63. The molecule has 29 heavy (non-hydrogen) atoms. The van der Waals surface area contributed by atoms with Crippen molar-refractivity contribution in [2.45, 2.75) is 0 Å². The number of carbonyl (C=O) groups excluding carboxylic acids is 3. The van der Waals surface area contributed by atoms with E-state index in [1.807, 2.05) is 24.3 Å². The van der Waals surface area contributed by atoms with E-state index in [4.69, 9.17) is 9.47 Å². The summed E-state index contributed by atoms with van der Waals surface area (Å²) in [4.78, 5) is 40.2. The molecule has 0 spiro atoms. The standard InChI is InChI=1S/C20H23N3O5S/c1-27-16-6-3-2-5-15(16)22-8-10-23(11-9-22)18(24)14-28-19(25)13-21-20(26)17-7-4-12-29-17/h2-7,12H,8-11,13-14H2,1H3,(H,21,26). The predicted molar refractivity (Wildman–Crippen MR) is 109 cm³/mol. The normalized spacial score (nSPS) is 13.7. The molecule has 1 aromatic carbocycles.